The van der Waals surface area contributed by atoms with Crippen molar-refractivity contribution in [3.63, 3.8) is 0 Å². The minimum atomic E-state index is -5.00. The molecule has 4 rings (SSSR count). The van der Waals surface area contributed by atoms with Gasteiger partial charge in [0.15, 0.2) is 0 Å². The first-order valence-corrected chi connectivity index (χ1v) is 10.5. The van der Waals surface area contributed by atoms with E-state index in [0.717, 1.165) is 0 Å². The van der Waals surface area contributed by atoms with E-state index in [4.69, 9.17) is 4.74 Å². The average molecular weight is 539 g/mol. The summed E-state index contributed by atoms with van der Waals surface area (Å²) in [5, 5.41) is 0. The van der Waals surface area contributed by atoms with Gasteiger partial charge in [0.25, 0.3) is 0 Å². The van der Waals surface area contributed by atoms with Crippen molar-refractivity contribution in [2.24, 2.45) is 0 Å². The average Bonchev–Trinajstić information content (AvgIpc) is 3.28. The summed E-state index contributed by atoms with van der Waals surface area (Å²) in [5.41, 5.74) is -2.78. The highest BCUT2D eigenvalue weighted by Gasteiger charge is 2.52. The standard InChI is InChI=1S/C20H17BrF6N4O2/c1-30(2)17-28-8-12(21)15(29-17)13-3-4-14-16(33-18(32)31(13)14)9-5-10(19(22,23)24)7-11(6-9)20(25,26)27/h5-8,13-14,16H,3-4H2,1-2H3/t13-,14-,16+/m0/s1. The Balaban J connectivity index is 1.72. The topological polar surface area (TPSA) is 58.6 Å². The number of halogens is 7. The molecule has 1 aromatic heterocycles. The Morgan fingerprint density at radius 2 is 1.67 bits per heavy atom. The summed E-state index contributed by atoms with van der Waals surface area (Å²) in [6.45, 7) is 0. The molecule has 3 heterocycles. The number of alkyl halides is 6. The highest BCUT2D eigenvalue weighted by atomic mass is 79.9. The van der Waals surface area contributed by atoms with Crippen LogP contribution in [0.4, 0.5) is 37.1 Å². The normalized spacial score (nSPS) is 23.0. The molecular formula is C20H17BrF6N4O2. The van der Waals surface area contributed by atoms with Crippen molar-refractivity contribution in [1.82, 2.24) is 14.9 Å². The van der Waals surface area contributed by atoms with E-state index in [1.807, 2.05) is 0 Å². The Kier molecular flexibility index (Phi) is 5.74. The van der Waals surface area contributed by atoms with Gasteiger partial charge >= 0.3 is 18.4 Å². The van der Waals surface area contributed by atoms with Gasteiger partial charge in [0, 0.05) is 20.3 Å². The van der Waals surface area contributed by atoms with E-state index in [9.17, 15) is 31.1 Å². The smallest absolute Gasteiger partial charge is 0.416 e. The van der Waals surface area contributed by atoms with Crippen LogP contribution in [0.2, 0.25) is 0 Å². The van der Waals surface area contributed by atoms with Crippen LogP contribution in [-0.4, -0.2) is 41.1 Å². The van der Waals surface area contributed by atoms with Crippen molar-refractivity contribution in [2.45, 2.75) is 43.4 Å². The van der Waals surface area contributed by atoms with E-state index >= 15 is 0 Å². The van der Waals surface area contributed by atoms with Crippen LogP contribution >= 0.6 is 15.9 Å². The van der Waals surface area contributed by atoms with Gasteiger partial charge in [-0.15, -0.1) is 0 Å². The fraction of sp³-hybridized carbons (Fsp3) is 0.450. The number of cyclic esters (lactones) is 1. The van der Waals surface area contributed by atoms with Gasteiger partial charge in [-0.05, 0) is 52.5 Å². The van der Waals surface area contributed by atoms with E-state index in [2.05, 4.69) is 25.9 Å². The summed E-state index contributed by atoms with van der Waals surface area (Å²) in [4.78, 5) is 24.3. The Morgan fingerprint density at radius 3 is 2.21 bits per heavy atom. The first-order chi connectivity index (χ1) is 15.3. The molecular weight excluding hydrogens is 522 g/mol. The molecule has 0 saturated carbocycles. The van der Waals surface area contributed by atoms with Gasteiger partial charge in [0.1, 0.15) is 6.10 Å². The van der Waals surface area contributed by atoms with Crippen LogP contribution in [0.15, 0.2) is 28.9 Å². The third-order valence-corrected chi connectivity index (χ3v) is 6.24. The number of carbonyl (C=O) groups excluding carboxylic acids is 1. The fourth-order valence-corrected chi connectivity index (χ4v) is 4.62. The second-order valence-electron chi connectivity index (χ2n) is 8.01. The second kappa shape index (κ2) is 8.03. The van der Waals surface area contributed by atoms with Gasteiger partial charge < -0.3 is 9.64 Å². The van der Waals surface area contributed by atoms with Crippen molar-refractivity contribution < 1.29 is 35.9 Å². The lowest BCUT2D eigenvalue weighted by molar-refractivity contribution is -0.143. The predicted octanol–water partition coefficient (Wildman–Crippen LogP) is 5.74. The number of ether oxygens (including phenoxy) is 1. The second-order valence-corrected chi connectivity index (χ2v) is 8.86. The molecule has 2 aromatic rings. The summed E-state index contributed by atoms with van der Waals surface area (Å²) in [6.07, 6.45) is -9.85. The van der Waals surface area contributed by atoms with Crippen molar-refractivity contribution >= 4 is 28.0 Å². The molecule has 0 radical (unpaired) electrons. The maximum absolute atomic E-state index is 13.3. The van der Waals surface area contributed by atoms with Crippen molar-refractivity contribution in [1.29, 1.82) is 0 Å². The molecule has 6 nitrogen and oxygen atoms in total. The number of nitrogens with zero attached hydrogens (tertiary/aromatic N) is 4. The van der Waals surface area contributed by atoms with E-state index < -0.39 is 47.8 Å². The number of hydrogen-bond donors (Lipinski definition) is 0. The highest BCUT2D eigenvalue weighted by Crippen LogP contribution is 2.49. The Hall–Kier alpha value is -2.57. The number of benzene rings is 1. The molecule has 2 fully saturated rings. The van der Waals surface area contributed by atoms with Crippen molar-refractivity contribution in [3.05, 3.63) is 51.3 Å². The molecule has 178 valence electrons. The monoisotopic (exact) mass is 538 g/mol. The van der Waals surface area contributed by atoms with Gasteiger partial charge in [-0.2, -0.15) is 26.3 Å². The molecule has 2 aliphatic rings. The van der Waals surface area contributed by atoms with Crippen molar-refractivity contribution in [3.8, 4) is 0 Å². The number of carbonyl (C=O) groups is 1. The van der Waals surface area contributed by atoms with Crippen LogP contribution in [0.3, 0.4) is 0 Å². The number of hydrogen-bond acceptors (Lipinski definition) is 5. The van der Waals surface area contributed by atoms with E-state index in [-0.39, 0.29) is 11.6 Å². The van der Waals surface area contributed by atoms with E-state index in [0.29, 0.717) is 41.1 Å². The van der Waals surface area contributed by atoms with Crippen LogP contribution in [0, 0.1) is 0 Å². The molecule has 3 atom stereocenters. The first-order valence-electron chi connectivity index (χ1n) is 9.75. The van der Waals surface area contributed by atoms with E-state index in [1.165, 1.54) is 11.1 Å². The summed E-state index contributed by atoms with van der Waals surface area (Å²) in [5.74, 6) is 0.383. The van der Waals surface area contributed by atoms with E-state index in [1.54, 1.807) is 19.0 Å². The number of rotatable bonds is 3. The largest absolute Gasteiger partial charge is 0.439 e. The summed E-state index contributed by atoms with van der Waals surface area (Å²) >= 11 is 3.36. The zero-order valence-corrected chi connectivity index (χ0v) is 18.8. The SMILES string of the molecule is CN(C)c1ncc(Br)c([C@@H]2CC[C@H]3[C@@H](c4cc(C(F)(F)F)cc(C(F)(F)F)c4)OC(=O)N23)n1. The quantitative estimate of drug-likeness (QED) is 0.466. The number of fused-ring (bicyclic) bond motifs is 1. The number of anilines is 1. The third-order valence-electron chi connectivity index (χ3n) is 5.63. The zero-order chi connectivity index (χ0) is 24.3. The van der Waals surface area contributed by atoms with Crippen LogP contribution in [0.1, 0.15) is 47.4 Å². The lowest BCUT2D eigenvalue weighted by Crippen LogP contribution is -2.31. The molecule has 0 bridgehead atoms. The molecule has 0 spiro atoms. The van der Waals surface area contributed by atoms with Gasteiger partial charge in [-0.3, -0.25) is 4.90 Å². The van der Waals surface area contributed by atoms with Crippen LogP contribution in [0.5, 0.6) is 0 Å². The molecule has 1 aromatic carbocycles. The Labute approximate surface area is 192 Å². The molecule has 0 N–H and O–H groups in total. The lowest BCUT2D eigenvalue weighted by Gasteiger charge is -2.24. The minimum absolute atomic E-state index is 0.0519. The third kappa shape index (κ3) is 4.34. The summed E-state index contributed by atoms with van der Waals surface area (Å²) in [7, 11) is 3.47. The van der Waals surface area contributed by atoms with Crippen LogP contribution in [0.25, 0.3) is 0 Å². The van der Waals surface area contributed by atoms with Crippen molar-refractivity contribution in [2.75, 3.05) is 19.0 Å². The summed E-state index contributed by atoms with van der Waals surface area (Å²) < 4.78 is 85.6. The van der Waals surface area contributed by atoms with Crippen LogP contribution < -0.4 is 4.90 Å². The minimum Gasteiger partial charge on any atom is -0.439 e. The highest BCUT2D eigenvalue weighted by molar-refractivity contribution is 9.10. The molecule has 0 unspecified atom stereocenters. The first kappa shape index (κ1) is 23.6. The van der Waals surface area contributed by atoms with Crippen LogP contribution in [-0.2, 0) is 17.1 Å². The molecule has 2 saturated heterocycles. The van der Waals surface area contributed by atoms with Gasteiger partial charge in [0.2, 0.25) is 5.95 Å². The zero-order valence-electron chi connectivity index (χ0n) is 17.2. The molecule has 2 aliphatic heterocycles. The maximum Gasteiger partial charge on any atom is 0.416 e. The number of aromatic nitrogens is 2. The van der Waals surface area contributed by atoms with Gasteiger partial charge in [0.05, 0.1) is 33.4 Å². The Bertz CT molecular complexity index is 1060. The lowest BCUT2D eigenvalue weighted by atomic mass is 9.96. The predicted molar refractivity (Wildman–Crippen MR) is 107 cm³/mol. The number of amides is 1. The fourth-order valence-electron chi connectivity index (χ4n) is 4.17. The Morgan fingerprint density at radius 1 is 1.06 bits per heavy atom. The molecule has 13 heteroatoms. The van der Waals surface area contributed by atoms with Gasteiger partial charge in [-0.25, -0.2) is 14.8 Å². The van der Waals surface area contributed by atoms with Gasteiger partial charge in [-0.1, -0.05) is 0 Å². The maximum atomic E-state index is 13.3. The summed E-state index contributed by atoms with van der Waals surface area (Å²) in [6, 6.07) is -0.0482. The molecule has 33 heavy (non-hydrogen) atoms. The molecule has 0 aliphatic carbocycles. The molecule has 1 amide bonds.